The molecule has 0 N–H and O–H groups in total. The standard InChI is InChI=1S/C28H29N4/c1-18-11-12-22-25-23(18)24-19(8-7-17-30(24)4)28(15-13-27(2,3)14-16-28)32(25)26-29-20-9-5-6-10-21(20)31(22)26/h5-12,17H,13-16H2,1-4H3/q+1. The predicted octanol–water partition coefficient (Wildman–Crippen LogP) is 5.90. The molecule has 0 unspecified atom stereocenters. The molecule has 1 saturated carbocycles. The molecule has 160 valence electrons. The van der Waals surface area contributed by atoms with E-state index in [1.165, 1.54) is 51.8 Å². The van der Waals surface area contributed by atoms with Gasteiger partial charge in [0.15, 0.2) is 6.20 Å². The number of imidazole rings is 2. The summed E-state index contributed by atoms with van der Waals surface area (Å²) in [5.74, 6) is 1.09. The van der Waals surface area contributed by atoms with E-state index < -0.39 is 0 Å². The van der Waals surface area contributed by atoms with Crippen molar-refractivity contribution in [2.45, 2.75) is 52.0 Å². The van der Waals surface area contributed by atoms with E-state index >= 15 is 0 Å². The fourth-order valence-corrected chi connectivity index (χ4v) is 6.55. The summed E-state index contributed by atoms with van der Waals surface area (Å²) in [6, 6.07) is 17.8. The lowest BCUT2D eigenvalue weighted by Gasteiger charge is -2.46. The van der Waals surface area contributed by atoms with Crippen LogP contribution in [0, 0.1) is 12.3 Å². The highest BCUT2D eigenvalue weighted by atomic mass is 15.3. The third-order valence-corrected chi connectivity index (χ3v) is 8.35. The molecule has 0 atom stereocenters. The van der Waals surface area contributed by atoms with Crippen LogP contribution in [0.2, 0.25) is 0 Å². The van der Waals surface area contributed by atoms with E-state index in [1.807, 2.05) is 0 Å². The second kappa shape index (κ2) is 5.80. The van der Waals surface area contributed by atoms with Crippen LogP contribution >= 0.6 is 0 Å². The van der Waals surface area contributed by atoms with Crippen molar-refractivity contribution in [3.63, 3.8) is 0 Å². The van der Waals surface area contributed by atoms with Crippen molar-refractivity contribution in [3.05, 3.63) is 65.9 Å². The number of hydrogen-bond donors (Lipinski definition) is 0. The smallest absolute Gasteiger partial charge is 0.220 e. The molecule has 1 aliphatic heterocycles. The summed E-state index contributed by atoms with van der Waals surface area (Å²) >= 11 is 0. The van der Waals surface area contributed by atoms with Crippen molar-refractivity contribution in [1.29, 1.82) is 0 Å². The number of aromatic nitrogens is 4. The van der Waals surface area contributed by atoms with Crippen molar-refractivity contribution in [3.8, 4) is 11.3 Å². The molecule has 1 spiro atoms. The third-order valence-electron chi connectivity index (χ3n) is 8.35. The second-order valence-corrected chi connectivity index (χ2v) is 10.8. The van der Waals surface area contributed by atoms with Crippen LogP contribution in [0.15, 0.2) is 54.7 Å². The van der Waals surface area contributed by atoms with Crippen molar-refractivity contribution < 1.29 is 4.57 Å². The average molecular weight is 422 g/mol. The lowest BCUT2D eigenvalue weighted by molar-refractivity contribution is -0.661. The molecule has 5 aromatic rings. The van der Waals surface area contributed by atoms with Crippen LogP contribution in [0.4, 0.5) is 0 Å². The Morgan fingerprint density at radius 1 is 0.906 bits per heavy atom. The molecular weight excluding hydrogens is 392 g/mol. The third kappa shape index (κ3) is 2.08. The van der Waals surface area contributed by atoms with Gasteiger partial charge < -0.3 is 0 Å². The van der Waals surface area contributed by atoms with E-state index in [2.05, 4.69) is 96.1 Å². The number of fused-ring (bicyclic) bond motifs is 9. The predicted molar refractivity (Wildman–Crippen MR) is 129 cm³/mol. The molecule has 4 nitrogen and oxygen atoms in total. The Morgan fingerprint density at radius 3 is 2.50 bits per heavy atom. The largest absolute Gasteiger partial charge is 0.298 e. The number of aryl methyl sites for hydroxylation is 2. The SMILES string of the molecule is Cc1ccc2c3c1-c1c(ccc[n+]1C)C1(CCC(C)(C)CC1)n3c1nc3ccccc3n21. The Bertz CT molecular complexity index is 1570. The maximum absolute atomic E-state index is 5.23. The Hall–Kier alpha value is -3.14. The van der Waals surface area contributed by atoms with Gasteiger partial charge in [0.25, 0.3) is 0 Å². The molecule has 0 bridgehead atoms. The van der Waals surface area contributed by atoms with Crippen molar-refractivity contribution in [2.75, 3.05) is 0 Å². The number of rotatable bonds is 0. The summed E-state index contributed by atoms with van der Waals surface area (Å²) < 4.78 is 7.39. The van der Waals surface area contributed by atoms with Gasteiger partial charge in [0.2, 0.25) is 11.5 Å². The molecule has 1 fully saturated rings. The highest BCUT2D eigenvalue weighted by Gasteiger charge is 2.49. The zero-order valence-corrected chi connectivity index (χ0v) is 19.3. The van der Waals surface area contributed by atoms with Crippen LogP contribution in [0.3, 0.4) is 0 Å². The maximum atomic E-state index is 5.23. The van der Waals surface area contributed by atoms with Gasteiger partial charge in [-0.05, 0) is 67.9 Å². The summed E-state index contributed by atoms with van der Waals surface area (Å²) in [7, 11) is 2.21. The zero-order chi connectivity index (χ0) is 21.8. The van der Waals surface area contributed by atoms with E-state index in [0.717, 1.165) is 24.1 Å². The Labute approximate surface area is 188 Å². The first-order chi connectivity index (χ1) is 15.4. The normalized spacial score (nSPS) is 18.6. The molecule has 0 radical (unpaired) electrons. The molecule has 2 aliphatic rings. The van der Waals surface area contributed by atoms with Crippen molar-refractivity contribution >= 4 is 27.8 Å². The van der Waals surface area contributed by atoms with Gasteiger partial charge in [-0.15, -0.1) is 0 Å². The molecule has 3 aromatic heterocycles. The minimum Gasteiger partial charge on any atom is -0.298 e. The summed E-state index contributed by atoms with van der Waals surface area (Å²) in [6.45, 7) is 7.11. The van der Waals surface area contributed by atoms with Gasteiger partial charge in [0.05, 0.1) is 38.7 Å². The average Bonchev–Trinajstić information content (AvgIpc) is 3.30. The molecule has 7 rings (SSSR count). The first-order valence-electron chi connectivity index (χ1n) is 11.8. The van der Waals surface area contributed by atoms with Gasteiger partial charge in [0, 0.05) is 6.07 Å². The quantitative estimate of drug-likeness (QED) is 0.286. The lowest BCUT2D eigenvalue weighted by Crippen LogP contribution is -2.46. The fourth-order valence-electron chi connectivity index (χ4n) is 6.55. The van der Waals surface area contributed by atoms with Crippen LogP contribution in [0.25, 0.3) is 39.1 Å². The van der Waals surface area contributed by atoms with Gasteiger partial charge >= 0.3 is 0 Å². The van der Waals surface area contributed by atoms with E-state index in [-0.39, 0.29) is 5.54 Å². The summed E-state index contributed by atoms with van der Waals surface area (Å²) in [6.07, 6.45) is 6.94. The van der Waals surface area contributed by atoms with E-state index in [9.17, 15) is 0 Å². The maximum Gasteiger partial charge on any atom is 0.220 e. The monoisotopic (exact) mass is 421 g/mol. The Morgan fingerprint density at radius 2 is 1.69 bits per heavy atom. The molecule has 4 heteroatoms. The first kappa shape index (κ1) is 18.4. The molecule has 32 heavy (non-hydrogen) atoms. The second-order valence-electron chi connectivity index (χ2n) is 10.8. The number of para-hydroxylation sites is 2. The van der Waals surface area contributed by atoms with Gasteiger partial charge in [-0.1, -0.05) is 32.0 Å². The zero-order valence-electron chi connectivity index (χ0n) is 19.3. The number of pyridine rings is 1. The first-order valence-corrected chi connectivity index (χ1v) is 11.8. The van der Waals surface area contributed by atoms with Crippen molar-refractivity contribution in [2.24, 2.45) is 12.5 Å². The van der Waals surface area contributed by atoms with Gasteiger partial charge in [-0.25, -0.2) is 9.55 Å². The van der Waals surface area contributed by atoms with E-state index in [0.29, 0.717) is 5.41 Å². The number of benzene rings is 2. The molecule has 1 aliphatic carbocycles. The highest BCUT2D eigenvalue weighted by molar-refractivity contribution is 6.01. The summed E-state index contributed by atoms with van der Waals surface area (Å²) in [5.41, 5.74) is 10.8. The minimum absolute atomic E-state index is 0.0605. The van der Waals surface area contributed by atoms with Crippen LogP contribution in [-0.4, -0.2) is 14.0 Å². The molecule has 0 amide bonds. The fraction of sp³-hybridized carbons (Fsp3) is 0.357. The van der Waals surface area contributed by atoms with E-state index in [1.54, 1.807) is 0 Å². The van der Waals surface area contributed by atoms with Gasteiger partial charge in [0.1, 0.15) is 7.05 Å². The summed E-state index contributed by atoms with van der Waals surface area (Å²) in [4.78, 5) is 5.23. The van der Waals surface area contributed by atoms with Crippen LogP contribution in [0.5, 0.6) is 0 Å². The molecule has 4 heterocycles. The number of nitrogens with zero attached hydrogens (tertiary/aromatic N) is 4. The van der Waals surface area contributed by atoms with Crippen LogP contribution < -0.4 is 4.57 Å². The van der Waals surface area contributed by atoms with Crippen LogP contribution in [0.1, 0.15) is 50.7 Å². The van der Waals surface area contributed by atoms with Gasteiger partial charge in [-0.3, -0.25) is 8.97 Å². The minimum atomic E-state index is -0.0605. The highest BCUT2D eigenvalue weighted by Crippen LogP contribution is 2.55. The molecule has 2 aromatic carbocycles. The topological polar surface area (TPSA) is 26.1 Å². The molecular formula is C28H29N4+. The van der Waals surface area contributed by atoms with E-state index in [4.69, 9.17) is 4.98 Å². The summed E-state index contributed by atoms with van der Waals surface area (Å²) in [5, 5.41) is 0. The number of hydrogen-bond acceptors (Lipinski definition) is 1. The van der Waals surface area contributed by atoms with Crippen molar-refractivity contribution in [1.82, 2.24) is 14.0 Å². The van der Waals surface area contributed by atoms with Gasteiger partial charge in [-0.2, -0.15) is 0 Å². The Balaban J connectivity index is 1.73. The lowest BCUT2D eigenvalue weighted by atomic mass is 9.65. The Kier molecular flexibility index (Phi) is 3.34. The molecule has 0 saturated heterocycles. The van der Waals surface area contributed by atoms with Crippen LogP contribution in [-0.2, 0) is 12.6 Å².